The highest BCUT2D eigenvalue weighted by Crippen LogP contribution is 2.32. The molecule has 1 aromatic heterocycles. The fraction of sp³-hybridized carbons (Fsp3) is 0.346. The van der Waals surface area contributed by atoms with Gasteiger partial charge in [0.15, 0.2) is 18.4 Å². The third-order valence-corrected chi connectivity index (χ3v) is 6.72. The number of rotatable bonds is 11. The molecule has 38 heavy (non-hydrogen) atoms. The number of amides is 1. The lowest BCUT2D eigenvalue weighted by atomic mass is 10.2. The van der Waals surface area contributed by atoms with Gasteiger partial charge in [-0.25, -0.2) is 14.4 Å². The molecule has 11 nitrogen and oxygen atoms in total. The molecule has 3 aromatic rings. The number of fused-ring (bicyclic) bond motifs is 1. The number of aliphatic hydroxyl groups is 1. The average Bonchev–Trinajstić information content (AvgIpc) is 3.53. The van der Waals surface area contributed by atoms with Gasteiger partial charge in [0, 0.05) is 41.4 Å². The van der Waals surface area contributed by atoms with E-state index in [2.05, 4.69) is 30.5 Å². The van der Waals surface area contributed by atoms with E-state index in [-0.39, 0.29) is 19.2 Å². The Bertz CT molecular complexity index is 1380. The molecule has 1 saturated heterocycles. The van der Waals surface area contributed by atoms with E-state index in [9.17, 15) is 14.3 Å². The van der Waals surface area contributed by atoms with E-state index < -0.39 is 16.3 Å². The van der Waals surface area contributed by atoms with E-state index in [1.807, 2.05) is 18.2 Å². The highest BCUT2D eigenvalue weighted by Gasteiger charge is 2.38. The predicted molar refractivity (Wildman–Crippen MR) is 140 cm³/mol. The van der Waals surface area contributed by atoms with Crippen LogP contribution in [0.4, 0.5) is 15.9 Å². The molecule has 2 atom stereocenters. The number of benzene rings is 2. The summed E-state index contributed by atoms with van der Waals surface area (Å²) in [6.45, 7) is 2.46. The minimum absolute atomic E-state index is 0.204. The average molecular weight is 522 g/mol. The van der Waals surface area contributed by atoms with E-state index in [0.29, 0.717) is 35.2 Å². The minimum atomic E-state index is -0.612. The van der Waals surface area contributed by atoms with Crippen LogP contribution in [0.15, 0.2) is 71.2 Å². The monoisotopic (exact) mass is 521 g/mol. The van der Waals surface area contributed by atoms with Crippen molar-refractivity contribution in [3.8, 4) is 5.75 Å². The topological polar surface area (TPSA) is 138 Å². The van der Waals surface area contributed by atoms with E-state index in [1.54, 1.807) is 12.3 Å². The van der Waals surface area contributed by atoms with Crippen molar-refractivity contribution in [2.75, 3.05) is 38.2 Å². The standard InChI is InChI=1S/C26H29FN8O3/c27-18-4-1-6-20(12-18)35(14-24(28)37)15-25(32-33-35)31-26-22-8-7-21(13-23(22)29-17-30-26)38-11-3-10-34-9-2-5-19(34)16-36/h1,4,6-8,12-13,15,17,19,36H,2-3,5,9-11,14,16H2,(H2-,28,29,30,31,37)/p+1/t19-,35?/m1/s1. The predicted octanol–water partition coefficient (Wildman–Crippen LogP) is 3.08. The number of hydrogen-bond donors (Lipinski definition) is 3. The summed E-state index contributed by atoms with van der Waals surface area (Å²) in [6.07, 6.45) is 6.06. The summed E-state index contributed by atoms with van der Waals surface area (Å²) >= 11 is 0. The summed E-state index contributed by atoms with van der Waals surface area (Å²) in [7, 11) is 0. The lowest BCUT2D eigenvalue weighted by molar-refractivity contribution is -0.118. The van der Waals surface area contributed by atoms with Gasteiger partial charge in [0.1, 0.15) is 23.7 Å². The number of carbonyl (C=O) groups excluding carboxylic acids is 1. The van der Waals surface area contributed by atoms with Crippen LogP contribution in [0.3, 0.4) is 0 Å². The molecule has 2 aromatic carbocycles. The summed E-state index contributed by atoms with van der Waals surface area (Å²) in [4.78, 5) is 22.8. The molecule has 3 heterocycles. The number of nitrogens with one attached hydrogen (secondary N) is 1. The second-order valence-corrected chi connectivity index (χ2v) is 9.38. The number of primary amides is 1. The van der Waals surface area contributed by atoms with Gasteiger partial charge < -0.3 is 20.9 Å². The molecule has 1 unspecified atom stereocenters. The highest BCUT2D eigenvalue weighted by molar-refractivity contribution is 5.90. The molecule has 0 aliphatic carbocycles. The Morgan fingerprint density at radius 1 is 1.26 bits per heavy atom. The number of carbonyl (C=O) groups is 1. The first kappa shape index (κ1) is 25.6. The Hall–Kier alpha value is -4.00. The molecule has 1 fully saturated rings. The Kier molecular flexibility index (Phi) is 7.54. The fourth-order valence-electron chi connectivity index (χ4n) is 4.89. The lowest BCUT2D eigenvalue weighted by Gasteiger charge is -2.22. The van der Waals surface area contributed by atoms with Crippen molar-refractivity contribution in [3.63, 3.8) is 0 Å². The van der Waals surface area contributed by atoms with Gasteiger partial charge in [0.25, 0.3) is 5.91 Å². The van der Waals surface area contributed by atoms with Crippen molar-refractivity contribution in [3.05, 3.63) is 66.6 Å². The number of hydrogen-bond acceptors (Lipinski definition) is 9. The van der Waals surface area contributed by atoms with Crippen molar-refractivity contribution in [2.45, 2.75) is 25.3 Å². The Balaban J connectivity index is 1.28. The quantitative estimate of drug-likeness (QED) is 0.260. The molecule has 4 N–H and O–H groups in total. The third kappa shape index (κ3) is 5.62. The van der Waals surface area contributed by atoms with Gasteiger partial charge in [-0.15, -0.1) is 4.59 Å². The van der Waals surface area contributed by atoms with Crippen LogP contribution >= 0.6 is 0 Å². The van der Waals surface area contributed by atoms with Crippen molar-refractivity contribution in [1.82, 2.24) is 19.5 Å². The van der Waals surface area contributed by atoms with E-state index in [0.717, 1.165) is 37.7 Å². The SMILES string of the molecule is NC(=O)C[N+]1(c2cccc(F)c2)C=C(Nc2ncnc3cc(OCCCN4CCC[C@@H]4CO)ccc23)N=N1. The summed E-state index contributed by atoms with van der Waals surface area (Å²) in [6, 6.07) is 11.6. The summed E-state index contributed by atoms with van der Waals surface area (Å²) in [5.74, 6) is 0.456. The van der Waals surface area contributed by atoms with Gasteiger partial charge >= 0.3 is 0 Å². The molecule has 1 amide bonds. The number of nitrogens with two attached hydrogens (primary N) is 1. The van der Waals surface area contributed by atoms with Crippen LogP contribution in [0, 0.1) is 5.82 Å². The number of halogens is 1. The van der Waals surface area contributed by atoms with E-state index in [4.69, 9.17) is 10.5 Å². The van der Waals surface area contributed by atoms with Crippen molar-refractivity contribution in [2.24, 2.45) is 16.1 Å². The van der Waals surface area contributed by atoms with Gasteiger partial charge in [0.2, 0.25) is 5.82 Å². The maximum atomic E-state index is 13.9. The first-order valence-corrected chi connectivity index (χ1v) is 12.5. The van der Waals surface area contributed by atoms with Crippen LogP contribution in [0.1, 0.15) is 19.3 Å². The van der Waals surface area contributed by atoms with Crippen molar-refractivity contribution in [1.29, 1.82) is 0 Å². The van der Waals surface area contributed by atoms with Gasteiger partial charge in [-0.05, 0) is 44.0 Å². The first-order chi connectivity index (χ1) is 18.5. The second kappa shape index (κ2) is 11.2. The van der Waals surface area contributed by atoms with Crippen LogP contribution in [0.25, 0.3) is 10.9 Å². The zero-order valence-corrected chi connectivity index (χ0v) is 20.8. The van der Waals surface area contributed by atoms with Gasteiger partial charge in [0.05, 0.1) is 18.7 Å². The lowest BCUT2D eigenvalue weighted by Crippen LogP contribution is -2.44. The van der Waals surface area contributed by atoms with Crippen LogP contribution in [0.5, 0.6) is 5.75 Å². The zero-order chi connectivity index (χ0) is 26.5. The Labute approximate surface area is 219 Å². The molecule has 0 spiro atoms. The minimum Gasteiger partial charge on any atom is -0.493 e. The summed E-state index contributed by atoms with van der Waals surface area (Å²) in [5.41, 5.74) is 6.55. The number of aromatic nitrogens is 2. The Morgan fingerprint density at radius 2 is 2.16 bits per heavy atom. The largest absolute Gasteiger partial charge is 0.493 e. The van der Waals surface area contributed by atoms with Crippen LogP contribution in [-0.4, -0.2) is 64.8 Å². The fourth-order valence-corrected chi connectivity index (χ4v) is 4.89. The number of nitrogens with zero attached hydrogens (tertiary/aromatic N) is 6. The Morgan fingerprint density at radius 3 is 2.97 bits per heavy atom. The van der Waals surface area contributed by atoms with Crippen LogP contribution in [0.2, 0.25) is 0 Å². The molecule has 12 heteroatoms. The maximum Gasteiger partial charge on any atom is 0.276 e. The van der Waals surface area contributed by atoms with Gasteiger partial charge in [-0.3, -0.25) is 9.69 Å². The van der Waals surface area contributed by atoms with Crippen molar-refractivity contribution < 1.29 is 19.0 Å². The number of aliphatic hydroxyl groups excluding tert-OH is 1. The molecule has 0 bridgehead atoms. The van der Waals surface area contributed by atoms with E-state index >= 15 is 0 Å². The molecular formula is C26H30FN8O3+. The molecule has 0 radical (unpaired) electrons. The number of quaternary nitrogens is 1. The molecule has 5 rings (SSSR count). The zero-order valence-electron chi connectivity index (χ0n) is 20.8. The van der Waals surface area contributed by atoms with Gasteiger partial charge in [-0.1, -0.05) is 11.2 Å². The number of ether oxygens (including phenoxy) is 1. The maximum absolute atomic E-state index is 13.9. The molecule has 2 aliphatic rings. The van der Waals surface area contributed by atoms with Crippen molar-refractivity contribution >= 4 is 28.3 Å². The van der Waals surface area contributed by atoms with Crippen LogP contribution in [-0.2, 0) is 4.79 Å². The van der Waals surface area contributed by atoms with E-state index in [1.165, 1.54) is 24.5 Å². The van der Waals surface area contributed by atoms with Gasteiger partial charge in [-0.2, -0.15) is 0 Å². The second-order valence-electron chi connectivity index (χ2n) is 9.38. The smallest absolute Gasteiger partial charge is 0.276 e. The summed E-state index contributed by atoms with van der Waals surface area (Å²) in [5, 5.41) is 21.7. The van der Waals surface area contributed by atoms with Crippen LogP contribution < -0.4 is 20.4 Å². The third-order valence-electron chi connectivity index (χ3n) is 6.72. The first-order valence-electron chi connectivity index (χ1n) is 12.5. The normalized spacial score (nSPS) is 21.1. The molecule has 198 valence electrons. The molecule has 2 aliphatic heterocycles. The summed E-state index contributed by atoms with van der Waals surface area (Å²) < 4.78 is 19.5. The molecular weight excluding hydrogens is 491 g/mol. The number of likely N-dealkylation sites (tertiary alicyclic amines) is 1. The highest BCUT2D eigenvalue weighted by atomic mass is 19.1. The number of anilines is 1. The molecule has 0 saturated carbocycles.